The Hall–Kier alpha value is -1.83. The van der Waals surface area contributed by atoms with Crippen LogP contribution in [0.5, 0.6) is 0 Å². The zero-order valence-corrected chi connectivity index (χ0v) is 13.2. The number of hydrogen-bond donors (Lipinski definition) is 3. The Bertz CT molecular complexity index is 589. The molecule has 1 saturated carbocycles. The molecule has 0 aliphatic heterocycles. The Labute approximate surface area is 132 Å². The second-order valence-electron chi connectivity index (χ2n) is 5.42. The highest BCUT2D eigenvalue weighted by molar-refractivity contribution is 7.99. The van der Waals surface area contributed by atoms with E-state index in [4.69, 9.17) is 0 Å². The molecule has 0 saturated heterocycles. The van der Waals surface area contributed by atoms with Crippen LogP contribution in [0.1, 0.15) is 32.6 Å². The second-order valence-corrected chi connectivity index (χ2v) is 6.38. The lowest BCUT2D eigenvalue weighted by Crippen LogP contribution is -2.48. The molecule has 1 aromatic heterocycles. The standard InChI is InChI=1S/C14H20N4O3S/c1-9-4-2-3-5-10(9)16-13(21)17-12(20)8-22-14-15-7-6-11(19)18-14/h6-7,9-10H,2-5,8H2,1H3,(H,15,18,19)(H2,16,17,20,21)/t9-,10+/m1/s1. The number of nitrogens with one attached hydrogen (secondary N) is 3. The summed E-state index contributed by atoms with van der Waals surface area (Å²) in [4.78, 5) is 41.0. The van der Waals surface area contributed by atoms with Crippen molar-refractivity contribution in [3.8, 4) is 0 Å². The van der Waals surface area contributed by atoms with Crippen molar-refractivity contribution in [2.45, 2.75) is 43.8 Å². The molecule has 1 fully saturated rings. The summed E-state index contributed by atoms with van der Waals surface area (Å²) in [7, 11) is 0. The zero-order chi connectivity index (χ0) is 15.9. The lowest BCUT2D eigenvalue weighted by Gasteiger charge is -2.29. The number of thioether (sulfide) groups is 1. The molecule has 3 amide bonds. The van der Waals surface area contributed by atoms with Gasteiger partial charge < -0.3 is 10.3 Å². The molecule has 7 nitrogen and oxygen atoms in total. The fourth-order valence-electron chi connectivity index (χ4n) is 2.46. The van der Waals surface area contributed by atoms with Gasteiger partial charge in [-0.15, -0.1) is 0 Å². The average molecular weight is 324 g/mol. The smallest absolute Gasteiger partial charge is 0.321 e. The molecular weight excluding hydrogens is 304 g/mol. The van der Waals surface area contributed by atoms with Crippen molar-refractivity contribution < 1.29 is 9.59 Å². The lowest BCUT2D eigenvalue weighted by atomic mass is 9.86. The summed E-state index contributed by atoms with van der Waals surface area (Å²) in [5.41, 5.74) is -0.276. The number of carbonyl (C=O) groups is 2. The van der Waals surface area contributed by atoms with Crippen LogP contribution < -0.4 is 16.2 Å². The molecule has 3 N–H and O–H groups in total. The van der Waals surface area contributed by atoms with E-state index >= 15 is 0 Å². The molecule has 0 aromatic carbocycles. The highest BCUT2D eigenvalue weighted by Crippen LogP contribution is 2.23. The van der Waals surface area contributed by atoms with Crippen LogP contribution in [-0.4, -0.2) is 33.7 Å². The molecule has 0 bridgehead atoms. The molecule has 1 heterocycles. The predicted molar refractivity (Wildman–Crippen MR) is 83.7 cm³/mol. The quantitative estimate of drug-likeness (QED) is 0.571. The number of amides is 3. The summed E-state index contributed by atoms with van der Waals surface area (Å²) in [6, 6.07) is 0.961. The van der Waals surface area contributed by atoms with Gasteiger partial charge in [0.05, 0.1) is 5.75 Å². The number of nitrogens with zero attached hydrogens (tertiary/aromatic N) is 1. The summed E-state index contributed by atoms with van der Waals surface area (Å²) in [5, 5.41) is 5.51. The molecule has 8 heteroatoms. The molecule has 120 valence electrons. The maximum atomic E-state index is 11.8. The SMILES string of the molecule is C[C@@H]1CCCC[C@@H]1NC(=O)NC(=O)CSc1nccc(=O)[nH]1. The number of hydrogen-bond acceptors (Lipinski definition) is 5. The van der Waals surface area contributed by atoms with Gasteiger partial charge in [0.25, 0.3) is 5.56 Å². The van der Waals surface area contributed by atoms with Gasteiger partial charge in [0.2, 0.25) is 5.91 Å². The van der Waals surface area contributed by atoms with Crippen LogP contribution in [0.3, 0.4) is 0 Å². The lowest BCUT2D eigenvalue weighted by molar-refractivity contribution is -0.117. The molecule has 1 aliphatic carbocycles. The van der Waals surface area contributed by atoms with Crippen molar-refractivity contribution in [3.05, 3.63) is 22.6 Å². The summed E-state index contributed by atoms with van der Waals surface area (Å²) >= 11 is 1.07. The molecule has 0 spiro atoms. The minimum absolute atomic E-state index is 0.0145. The number of carbonyl (C=O) groups excluding carboxylic acids is 2. The van der Waals surface area contributed by atoms with Crippen LogP contribution >= 0.6 is 11.8 Å². The van der Waals surface area contributed by atoms with Crippen LogP contribution in [0, 0.1) is 5.92 Å². The second kappa shape index (κ2) is 7.98. The van der Waals surface area contributed by atoms with E-state index in [0.29, 0.717) is 11.1 Å². The van der Waals surface area contributed by atoms with Crippen molar-refractivity contribution in [2.75, 3.05) is 5.75 Å². The highest BCUT2D eigenvalue weighted by atomic mass is 32.2. The van der Waals surface area contributed by atoms with Gasteiger partial charge in [0, 0.05) is 18.3 Å². The number of rotatable bonds is 4. The maximum absolute atomic E-state index is 11.8. The predicted octanol–water partition coefficient (Wildman–Crippen LogP) is 1.27. The molecule has 1 aromatic rings. The van der Waals surface area contributed by atoms with Crippen molar-refractivity contribution in [1.29, 1.82) is 0 Å². The number of imide groups is 1. The van der Waals surface area contributed by atoms with E-state index < -0.39 is 11.9 Å². The first-order valence-electron chi connectivity index (χ1n) is 7.33. The first-order valence-corrected chi connectivity index (χ1v) is 8.31. The molecule has 0 unspecified atom stereocenters. The fraction of sp³-hybridized carbons (Fsp3) is 0.571. The molecule has 22 heavy (non-hydrogen) atoms. The number of aromatic nitrogens is 2. The minimum atomic E-state index is -0.459. The van der Waals surface area contributed by atoms with Crippen LogP contribution in [0.2, 0.25) is 0 Å². The van der Waals surface area contributed by atoms with Crippen LogP contribution in [-0.2, 0) is 4.79 Å². The normalized spacial score (nSPS) is 21.1. The minimum Gasteiger partial charge on any atom is -0.335 e. The molecule has 2 atom stereocenters. The van der Waals surface area contributed by atoms with Crippen LogP contribution in [0.4, 0.5) is 4.79 Å². The third kappa shape index (κ3) is 5.18. The van der Waals surface area contributed by atoms with Gasteiger partial charge in [-0.2, -0.15) is 0 Å². The van der Waals surface area contributed by atoms with Gasteiger partial charge in [-0.25, -0.2) is 9.78 Å². The zero-order valence-electron chi connectivity index (χ0n) is 12.4. The third-order valence-electron chi connectivity index (χ3n) is 3.67. The van der Waals surface area contributed by atoms with E-state index in [0.717, 1.165) is 31.0 Å². The highest BCUT2D eigenvalue weighted by Gasteiger charge is 2.23. The molecule has 2 rings (SSSR count). The van der Waals surface area contributed by atoms with E-state index in [-0.39, 0.29) is 17.4 Å². The van der Waals surface area contributed by atoms with Gasteiger partial charge in [-0.1, -0.05) is 31.5 Å². The Morgan fingerprint density at radius 1 is 1.41 bits per heavy atom. The number of aromatic amines is 1. The fourth-order valence-corrected chi connectivity index (χ4v) is 3.11. The Morgan fingerprint density at radius 3 is 2.91 bits per heavy atom. The van der Waals surface area contributed by atoms with E-state index in [1.807, 2.05) is 0 Å². The molecular formula is C14H20N4O3S. The van der Waals surface area contributed by atoms with Crippen LogP contribution in [0.25, 0.3) is 0 Å². The molecule has 0 radical (unpaired) electrons. The monoisotopic (exact) mass is 324 g/mol. The summed E-state index contributed by atoms with van der Waals surface area (Å²) in [5.74, 6) is 0.0284. The van der Waals surface area contributed by atoms with E-state index in [1.54, 1.807) is 0 Å². The van der Waals surface area contributed by atoms with Gasteiger partial charge in [0.1, 0.15) is 0 Å². The van der Waals surface area contributed by atoms with Crippen LogP contribution in [0.15, 0.2) is 22.2 Å². The first-order chi connectivity index (χ1) is 10.5. The van der Waals surface area contributed by atoms with Gasteiger partial charge in [-0.05, 0) is 18.8 Å². The molecule has 1 aliphatic rings. The third-order valence-corrected chi connectivity index (χ3v) is 4.56. The first kappa shape index (κ1) is 16.5. The van der Waals surface area contributed by atoms with Crippen molar-refractivity contribution in [1.82, 2.24) is 20.6 Å². The summed E-state index contributed by atoms with van der Waals surface area (Å²) < 4.78 is 0. The Balaban J connectivity index is 1.74. The summed E-state index contributed by atoms with van der Waals surface area (Å²) in [6.07, 6.45) is 5.72. The van der Waals surface area contributed by atoms with Crippen molar-refractivity contribution >= 4 is 23.7 Å². The van der Waals surface area contributed by atoms with E-state index in [2.05, 4.69) is 27.5 Å². The van der Waals surface area contributed by atoms with E-state index in [1.165, 1.54) is 18.7 Å². The maximum Gasteiger partial charge on any atom is 0.321 e. The number of H-pyrrole nitrogens is 1. The van der Waals surface area contributed by atoms with Crippen molar-refractivity contribution in [2.24, 2.45) is 5.92 Å². The van der Waals surface area contributed by atoms with Gasteiger partial charge >= 0.3 is 6.03 Å². The largest absolute Gasteiger partial charge is 0.335 e. The van der Waals surface area contributed by atoms with Crippen molar-refractivity contribution in [3.63, 3.8) is 0 Å². The van der Waals surface area contributed by atoms with Gasteiger partial charge in [-0.3, -0.25) is 14.9 Å². The Morgan fingerprint density at radius 2 is 2.18 bits per heavy atom. The Kier molecular flexibility index (Phi) is 6.00. The van der Waals surface area contributed by atoms with E-state index in [9.17, 15) is 14.4 Å². The topological polar surface area (TPSA) is 104 Å². The summed E-state index contributed by atoms with van der Waals surface area (Å²) in [6.45, 7) is 2.11. The number of urea groups is 1. The van der Waals surface area contributed by atoms with Gasteiger partial charge in [0.15, 0.2) is 5.16 Å². The average Bonchev–Trinajstić information content (AvgIpc) is 2.47.